The molecule has 1 aromatic heterocycles. The molecule has 0 nitrogen and oxygen atoms in total. The molecule has 0 saturated heterocycles. The summed E-state index contributed by atoms with van der Waals surface area (Å²) in [5, 5.41) is 0.802. The average molecular weight is 285 g/mol. The molecule has 1 aromatic carbocycles. The van der Waals surface area contributed by atoms with E-state index < -0.39 is 0 Å². The van der Waals surface area contributed by atoms with Crippen molar-refractivity contribution in [2.75, 3.05) is 0 Å². The molecule has 1 heterocycles. The molecular weight excluding hydrogens is 271 g/mol. The highest BCUT2D eigenvalue weighted by Gasteiger charge is 2.12. The lowest BCUT2D eigenvalue weighted by Gasteiger charge is -2.07. The van der Waals surface area contributed by atoms with Crippen LogP contribution in [-0.4, -0.2) is 0 Å². The van der Waals surface area contributed by atoms with Gasteiger partial charge >= 0.3 is 0 Å². The van der Waals surface area contributed by atoms with Gasteiger partial charge in [-0.1, -0.05) is 23.7 Å². The van der Waals surface area contributed by atoms with E-state index in [2.05, 4.69) is 26.0 Å². The summed E-state index contributed by atoms with van der Waals surface area (Å²) >= 11 is 14.2. The molecule has 0 fully saturated rings. The van der Waals surface area contributed by atoms with Crippen LogP contribution in [0.2, 0.25) is 5.02 Å². The Morgan fingerprint density at radius 1 is 1.24 bits per heavy atom. The van der Waals surface area contributed by atoms with Crippen LogP contribution in [0.3, 0.4) is 0 Å². The average Bonchev–Trinajstić information content (AvgIpc) is 2.59. The van der Waals surface area contributed by atoms with Crippen LogP contribution in [0.25, 0.3) is 0 Å². The van der Waals surface area contributed by atoms with E-state index in [0.717, 1.165) is 11.4 Å². The fourth-order valence-electron chi connectivity index (χ4n) is 1.73. The zero-order valence-electron chi connectivity index (χ0n) is 9.84. The third kappa shape index (κ3) is 3.25. The van der Waals surface area contributed by atoms with Crippen molar-refractivity contribution in [3.8, 4) is 0 Å². The lowest BCUT2D eigenvalue weighted by atomic mass is 10.1. The van der Waals surface area contributed by atoms with Crippen LogP contribution in [0.5, 0.6) is 0 Å². The lowest BCUT2D eigenvalue weighted by Crippen LogP contribution is -1.93. The predicted octanol–water partition coefficient (Wildman–Crippen LogP) is 5.54. The summed E-state index contributed by atoms with van der Waals surface area (Å²) < 4.78 is 0. The van der Waals surface area contributed by atoms with Crippen LogP contribution in [0.1, 0.15) is 26.3 Å². The van der Waals surface area contributed by atoms with Gasteiger partial charge in [0.25, 0.3) is 0 Å². The molecule has 90 valence electrons. The van der Waals surface area contributed by atoms with Crippen molar-refractivity contribution >= 4 is 34.5 Å². The predicted molar refractivity (Wildman–Crippen MR) is 77.5 cm³/mol. The van der Waals surface area contributed by atoms with Crippen LogP contribution in [0.4, 0.5) is 0 Å². The van der Waals surface area contributed by atoms with Gasteiger partial charge in [-0.15, -0.1) is 22.9 Å². The number of hydrogen-bond acceptors (Lipinski definition) is 1. The second-order valence-corrected chi connectivity index (χ2v) is 6.44. The van der Waals surface area contributed by atoms with Crippen molar-refractivity contribution in [1.82, 2.24) is 0 Å². The molecule has 2 aromatic rings. The third-order valence-electron chi connectivity index (χ3n) is 2.80. The normalized spacial score (nSPS) is 12.7. The van der Waals surface area contributed by atoms with Crippen LogP contribution in [0.15, 0.2) is 30.3 Å². The maximum Gasteiger partial charge on any atom is 0.0719 e. The smallest absolute Gasteiger partial charge is 0.0719 e. The first-order valence-electron chi connectivity index (χ1n) is 5.51. The number of rotatable bonds is 3. The van der Waals surface area contributed by atoms with Gasteiger partial charge in [0.15, 0.2) is 0 Å². The lowest BCUT2D eigenvalue weighted by molar-refractivity contribution is 0.939. The second-order valence-electron chi connectivity index (χ2n) is 4.19. The number of thiophene rings is 1. The Balaban J connectivity index is 2.14. The van der Waals surface area contributed by atoms with Gasteiger partial charge < -0.3 is 0 Å². The zero-order chi connectivity index (χ0) is 12.4. The van der Waals surface area contributed by atoms with E-state index in [1.807, 2.05) is 18.2 Å². The van der Waals surface area contributed by atoms with Crippen molar-refractivity contribution < 1.29 is 0 Å². The second kappa shape index (κ2) is 5.43. The minimum atomic E-state index is 0.0332. The van der Waals surface area contributed by atoms with E-state index in [4.69, 9.17) is 23.2 Å². The van der Waals surface area contributed by atoms with E-state index >= 15 is 0 Å². The van der Waals surface area contributed by atoms with Crippen molar-refractivity contribution in [3.63, 3.8) is 0 Å². The Morgan fingerprint density at radius 3 is 2.59 bits per heavy atom. The highest BCUT2D eigenvalue weighted by Crippen LogP contribution is 2.33. The highest BCUT2D eigenvalue weighted by molar-refractivity contribution is 7.12. The number of hydrogen-bond donors (Lipinski definition) is 0. The van der Waals surface area contributed by atoms with Gasteiger partial charge in [-0.25, -0.2) is 0 Å². The summed E-state index contributed by atoms with van der Waals surface area (Å²) in [7, 11) is 0. The molecule has 0 saturated carbocycles. The molecule has 0 bridgehead atoms. The first-order chi connectivity index (χ1) is 8.06. The zero-order valence-corrected chi connectivity index (χ0v) is 12.2. The molecular formula is C14H14Cl2S. The Morgan fingerprint density at radius 2 is 2.00 bits per heavy atom. The number of alkyl halides is 1. The molecule has 2 rings (SSSR count). The maximum atomic E-state index is 6.45. The van der Waals surface area contributed by atoms with Crippen molar-refractivity contribution in [3.05, 3.63) is 56.2 Å². The van der Waals surface area contributed by atoms with Gasteiger partial charge in [0, 0.05) is 14.8 Å². The van der Waals surface area contributed by atoms with Crippen molar-refractivity contribution in [2.45, 2.75) is 25.6 Å². The standard InChI is InChI=1S/C14H14Cl2S/c1-9-6-14(17-10(9)2)13(16)8-11-4-3-5-12(15)7-11/h3-7,13H,8H2,1-2H3. The van der Waals surface area contributed by atoms with E-state index in [9.17, 15) is 0 Å². The molecule has 0 aliphatic rings. The molecule has 1 unspecified atom stereocenters. The van der Waals surface area contributed by atoms with E-state index in [1.165, 1.54) is 20.9 Å². The Bertz CT molecular complexity index is 497. The SMILES string of the molecule is Cc1cc(C(Cl)Cc2cccc(Cl)c2)sc1C. The first kappa shape index (κ1) is 12.9. The maximum absolute atomic E-state index is 6.45. The fraction of sp³-hybridized carbons (Fsp3) is 0.286. The molecule has 0 aliphatic heterocycles. The number of halogens is 2. The van der Waals surface area contributed by atoms with E-state index in [0.29, 0.717) is 0 Å². The Hall–Kier alpha value is -0.500. The van der Waals surface area contributed by atoms with Crippen molar-refractivity contribution in [1.29, 1.82) is 0 Å². The van der Waals surface area contributed by atoms with Gasteiger partial charge in [-0.2, -0.15) is 0 Å². The van der Waals surface area contributed by atoms with Crippen LogP contribution >= 0.6 is 34.5 Å². The highest BCUT2D eigenvalue weighted by atomic mass is 35.5. The molecule has 3 heteroatoms. The molecule has 17 heavy (non-hydrogen) atoms. The van der Waals surface area contributed by atoms with Gasteiger partial charge in [0.05, 0.1) is 5.38 Å². The van der Waals surface area contributed by atoms with Gasteiger partial charge in [0.2, 0.25) is 0 Å². The summed E-state index contributed by atoms with van der Waals surface area (Å²) in [4.78, 5) is 2.58. The first-order valence-corrected chi connectivity index (χ1v) is 7.15. The minimum absolute atomic E-state index is 0.0332. The molecule has 0 spiro atoms. The molecule has 0 N–H and O–H groups in total. The monoisotopic (exact) mass is 284 g/mol. The summed E-state index contributed by atoms with van der Waals surface area (Å²) in [6.45, 7) is 4.25. The quantitative estimate of drug-likeness (QED) is 0.649. The molecule has 0 aliphatic carbocycles. The molecule has 1 atom stereocenters. The Labute approximate surface area is 116 Å². The summed E-state index contributed by atoms with van der Waals surface area (Å²) in [5.41, 5.74) is 2.50. The summed E-state index contributed by atoms with van der Waals surface area (Å²) in [6.07, 6.45) is 0.821. The molecule has 0 radical (unpaired) electrons. The van der Waals surface area contributed by atoms with Crippen LogP contribution in [0, 0.1) is 13.8 Å². The topological polar surface area (TPSA) is 0 Å². The van der Waals surface area contributed by atoms with E-state index in [-0.39, 0.29) is 5.38 Å². The van der Waals surface area contributed by atoms with E-state index in [1.54, 1.807) is 11.3 Å². The fourth-order valence-corrected chi connectivity index (χ4v) is 3.34. The Kier molecular flexibility index (Phi) is 4.13. The molecule has 0 amide bonds. The number of benzene rings is 1. The largest absolute Gasteiger partial charge is 0.144 e. The minimum Gasteiger partial charge on any atom is -0.144 e. The summed E-state index contributed by atoms with van der Waals surface area (Å²) in [6, 6.07) is 10.1. The van der Waals surface area contributed by atoms with Gasteiger partial charge in [-0.3, -0.25) is 0 Å². The summed E-state index contributed by atoms with van der Waals surface area (Å²) in [5.74, 6) is 0. The van der Waals surface area contributed by atoms with Gasteiger partial charge in [0.1, 0.15) is 0 Å². The van der Waals surface area contributed by atoms with Gasteiger partial charge in [-0.05, 0) is 49.6 Å². The number of aryl methyl sites for hydroxylation is 2. The third-order valence-corrected chi connectivity index (χ3v) is 4.82. The van der Waals surface area contributed by atoms with Crippen LogP contribution < -0.4 is 0 Å². The van der Waals surface area contributed by atoms with Crippen LogP contribution in [-0.2, 0) is 6.42 Å². The van der Waals surface area contributed by atoms with Crippen molar-refractivity contribution in [2.24, 2.45) is 0 Å².